The van der Waals surface area contributed by atoms with Gasteiger partial charge in [-0.1, -0.05) is 18.2 Å². The fourth-order valence-corrected chi connectivity index (χ4v) is 2.08. The molecule has 1 aromatic rings. The van der Waals surface area contributed by atoms with Gasteiger partial charge in [0.1, 0.15) is 5.71 Å². The van der Waals surface area contributed by atoms with Gasteiger partial charge in [0.25, 0.3) is 0 Å². The SMILES string of the molecule is CCOC(=O)C1=NN(c2ccccc2C)C(C(=O)O)C1. The molecule has 6 nitrogen and oxygen atoms in total. The van der Waals surface area contributed by atoms with Crippen LogP contribution in [-0.2, 0) is 14.3 Å². The molecule has 0 aromatic heterocycles. The van der Waals surface area contributed by atoms with Gasteiger partial charge in [-0.05, 0) is 25.5 Å². The van der Waals surface area contributed by atoms with Crippen LogP contribution in [0.5, 0.6) is 0 Å². The van der Waals surface area contributed by atoms with Crippen LogP contribution >= 0.6 is 0 Å². The Labute approximate surface area is 116 Å². The molecule has 0 aliphatic carbocycles. The van der Waals surface area contributed by atoms with Gasteiger partial charge in [-0.15, -0.1) is 0 Å². The normalized spacial score (nSPS) is 17.8. The first-order valence-electron chi connectivity index (χ1n) is 6.37. The lowest BCUT2D eigenvalue weighted by molar-refractivity contribution is -0.138. The minimum atomic E-state index is -1.02. The number of carbonyl (C=O) groups excluding carboxylic acids is 1. The third-order valence-electron chi connectivity index (χ3n) is 3.07. The molecule has 1 N–H and O–H groups in total. The highest BCUT2D eigenvalue weighted by molar-refractivity contribution is 6.38. The summed E-state index contributed by atoms with van der Waals surface area (Å²) in [5, 5.41) is 14.8. The summed E-state index contributed by atoms with van der Waals surface area (Å²) in [5.74, 6) is -1.58. The largest absolute Gasteiger partial charge is 0.480 e. The van der Waals surface area contributed by atoms with E-state index in [0.717, 1.165) is 5.56 Å². The van der Waals surface area contributed by atoms with Crippen molar-refractivity contribution in [1.82, 2.24) is 0 Å². The second-order valence-electron chi connectivity index (χ2n) is 4.46. The first kappa shape index (κ1) is 14.0. The standard InChI is InChI=1S/C14H16N2O4/c1-3-20-14(19)10-8-12(13(17)18)16(15-10)11-7-5-4-6-9(11)2/h4-7,12H,3,8H2,1-2H3,(H,17,18). The van der Waals surface area contributed by atoms with Crippen LogP contribution in [0.3, 0.4) is 0 Å². The van der Waals surface area contributed by atoms with Crippen molar-refractivity contribution >= 4 is 23.3 Å². The lowest BCUT2D eigenvalue weighted by Crippen LogP contribution is -2.34. The molecule has 0 amide bonds. The first-order chi connectivity index (χ1) is 9.54. The van der Waals surface area contributed by atoms with Crippen LogP contribution in [0.4, 0.5) is 5.69 Å². The highest BCUT2D eigenvalue weighted by Crippen LogP contribution is 2.27. The Balaban J connectivity index is 2.35. The van der Waals surface area contributed by atoms with Crippen molar-refractivity contribution in [3.8, 4) is 0 Å². The molecule has 0 fully saturated rings. The summed E-state index contributed by atoms with van der Waals surface area (Å²) in [4.78, 5) is 23.1. The zero-order chi connectivity index (χ0) is 14.7. The maximum absolute atomic E-state index is 11.7. The van der Waals surface area contributed by atoms with Gasteiger partial charge in [-0.3, -0.25) is 5.01 Å². The summed E-state index contributed by atoms with van der Waals surface area (Å²) in [6.07, 6.45) is 0.0441. The van der Waals surface area contributed by atoms with Crippen LogP contribution in [0.25, 0.3) is 0 Å². The number of aliphatic carboxylic acids is 1. The molecule has 1 aliphatic heterocycles. The number of aryl methyl sites for hydroxylation is 1. The summed E-state index contributed by atoms with van der Waals surface area (Å²) in [6.45, 7) is 3.80. The van der Waals surface area contributed by atoms with Crippen molar-refractivity contribution < 1.29 is 19.4 Å². The van der Waals surface area contributed by atoms with E-state index in [1.807, 2.05) is 19.1 Å². The molecule has 0 saturated heterocycles. The van der Waals surface area contributed by atoms with Gasteiger partial charge < -0.3 is 9.84 Å². The van der Waals surface area contributed by atoms with Crippen LogP contribution in [0.15, 0.2) is 29.4 Å². The number of benzene rings is 1. The second kappa shape index (κ2) is 5.73. The lowest BCUT2D eigenvalue weighted by atomic mass is 10.1. The minimum absolute atomic E-state index is 0.0441. The monoisotopic (exact) mass is 276 g/mol. The van der Waals surface area contributed by atoms with Crippen molar-refractivity contribution in [2.24, 2.45) is 5.10 Å². The Morgan fingerprint density at radius 1 is 1.45 bits per heavy atom. The van der Waals surface area contributed by atoms with E-state index in [9.17, 15) is 14.7 Å². The van der Waals surface area contributed by atoms with Crippen molar-refractivity contribution in [2.75, 3.05) is 11.6 Å². The van der Waals surface area contributed by atoms with Crippen molar-refractivity contribution in [1.29, 1.82) is 0 Å². The van der Waals surface area contributed by atoms with Crippen LogP contribution < -0.4 is 5.01 Å². The molecule has 2 rings (SSSR count). The van der Waals surface area contributed by atoms with Crippen molar-refractivity contribution in [3.63, 3.8) is 0 Å². The van der Waals surface area contributed by atoms with E-state index >= 15 is 0 Å². The molecule has 1 aliphatic rings. The fourth-order valence-electron chi connectivity index (χ4n) is 2.08. The summed E-state index contributed by atoms with van der Waals surface area (Å²) in [6, 6.07) is 6.44. The van der Waals surface area contributed by atoms with Crippen LogP contribution in [0, 0.1) is 6.92 Å². The number of nitrogens with zero attached hydrogens (tertiary/aromatic N) is 2. The minimum Gasteiger partial charge on any atom is -0.480 e. The predicted molar refractivity (Wildman–Crippen MR) is 73.8 cm³/mol. The number of hydrazone groups is 1. The van der Waals surface area contributed by atoms with Gasteiger partial charge >= 0.3 is 11.9 Å². The Morgan fingerprint density at radius 3 is 2.75 bits per heavy atom. The number of esters is 1. The van der Waals surface area contributed by atoms with Crippen molar-refractivity contribution in [3.05, 3.63) is 29.8 Å². The van der Waals surface area contributed by atoms with Crippen LogP contribution in [0.1, 0.15) is 18.9 Å². The number of hydrogen-bond donors (Lipinski definition) is 1. The molecule has 106 valence electrons. The van der Waals surface area contributed by atoms with Crippen molar-refractivity contribution in [2.45, 2.75) is 26.3 Å². The molecule has 0 bridgehead atoms. The number of ether oxygens (including phenoxy) is 1. The van der Waals surface area contributed by atoms with E-state index in [1.165, 1.54) is 5.01 Å². The number of rotatable bonds is 4. The Hall–Kier alpha value is -2.37. The smallest absolute Gasteiger partial charge is 0.354 e. The van der Waals surface area contributed by atoms with Crippen LogP contribution in [-0.4, -0.2) is 35.4 Å². The molecule has 0 saturated carbocycles. The van der Waals surface area contributed by atoms with Gasteiger partial charge in [0.15, 0.2) is 6.04 Å². The Morgan fingerprint density at radius 2 is 2.15 bits per heavy atom. The Bertz CT molecular complexity index is 568. The van der Waals surface area contributed by atoms with Gasteiger partial charge in [-0.2, -0.15) is 5.10 Å². The predicted octanol–water partition coefficient (Wildman–Crippen LogP) is 1.58. The van der Waals surface area contributed by atoms with Gasteiger partial charge in [0.05, 0.1) is 12.3 Å². The molecule has 0 spiro atoms. The molecule has 1 heterocycles. The average molecular weight is 276 g/mol. The molecular formula is C14H16N2O4. The van der Waals surface area contributed by atoms with E-state index in [4.69, 9.17) is 4.74 Å². The molecule has 1 unspecified atom stereocenters. The number of para-hydroxylation sites is 1. The topological polar surface area (TPSA) is 79.2 Å². The van der Waals surface area contributed by atoms with Gasteiger partial charge in [0.2, 0.25) is 0 Å². The summed E-state index contributed by atoms with van der Waals surface area (Å²) in [7, 11) is 0. The number of anilines is 1. The van der Waals surface area contributed by atoms with E-state index in [-0.39, 0.29) is 18.7 Å². The zero-order valence-electron chi connectivity index (χ0n) is 11.4. The highest BCUT2D eigenvalue weighted by atomic mass is 16.5. The maximum atomic E-state index is 11.7. The summed E-state index contributed by atoms with van der Waals surface area (Å²) in [5.41, 5.74) is 1.72. The molecule has 1 aromatic carbocycles. The first-order valence-corrected chi connectivity index (χ1v) is 6.37. The van der Waals surface area contributed by atoms with E-state index in [1.54, 1.807) is 19.1 Å². The average Bonchev–Trinajstić information content (AvgIpc) is 2.84. The maximum Gasteiger partial charge on any atom is 0.354 e. The number of carboxylic acid groups (broad SMARTS) is 1. The molecule has 0 radical (unpaired) electrons. The van der Waals surface area contributed by atoms with Gasteiger partial charge in [-0.25, -0.2) is 9.59 Å². The third kappa shape index (κ3) is 2.64. The van der Waals surface area contributed by atoms with E-state index in [0.29, 0.717) is 5.69 Å². The Kier molecular flexibility index (Phi) is 4.02. The number of hydrogen-bond acceptors (Lipinski definition) is 5. The molecule has 1 atom stereocenters. The molecular weight excluding hydrogens is 260 g/mol. The zero-order valence-corrected chi connectivity index (χ0v) is 11.4. The molecule has 20 heavy (non-hydrogen) atoms. The summed E-state index contributed by atoms with van der Waals surface area (Å²) >= 11 is 0. The third-order valence-corrected chi connectivity index (χ3v) is 3.07. The van der Waals surface area contributed by atoms with Gasteiger partial charge in [0, 0.05) is 6.42 Å². The van der Waals surface area contributed by atoms with E-state index < -0.39 is 18.0 Å². The molecule has 6 heteroatoms. The summed E-state index contributed by atoms with van der Waals surface area (Å²) < 4.78 is 4.88. The quantitative estimate of drug-likeness (QED) is 0.844. The lowest BCUT2D eigenvalue weighted by Gasteiger charge is -2.21. The van der Waals surface area contributed by atoms with E-state index in [2.05, 4.69) is 5.10 Å². The van der Waals surface area contributed by atoms with Crippen LogP contribution in [0.2, 0.25) is 0 Å². The fraction of sp³-hybridized carbons (Fsp3) is 0.357. The highest BCUT2D eigenvalue weighted by Gasteiger charge is 2.37. The number of carbonyl (C=O) groups is 2. The number of carboxylic acids is 1. The second-order valence-corrected chi connectivity index (χ2v) is 4.46.